The Hall–Kier alpha value is -1.95. The molecule has 1 aromatic heterocycles. The maximum atomic E-state index is 12.5. The van der Waals surface area contributed by atoms with E-state index in [0.29, 0.717) is 24.7 Å². The molecule has 22 heavy (non-hydrogen) atoms. The van der Waals surface area contributed by atoms with E-state index in [1.165, 1.54) is 12.8 Å². The summed E-state index contributed by atoms with van der Waals surface area (Å²) in [5, 5.41) is 0. The highest BCUT2D eigenvalue weighted by Crippen LogP contribution is 2.33. The monoisotopic (exact) mass is 301 g/mol. The lowest BCUT2D eigenvalue weighted by atomic mass is 10.1. The van der Waals surface area contributed by atoms with Crippen LogP contribution in [0.25, 0.3) is 0 Å². The number of aromatic nitrogens is 1. The van der Waals surface area contributed by atoms with Crippen molar-refractivity contribution in [3.8, 4) is 0 Å². The van der Waals surface area contributed by atoms with Gasteiger partial charge in [0.1, 0.15) is 12.3 Å². The summed E-state index contributed by atoms with van der Waals surface area (Å²) in [6, 6.07) is 5.32. The molecule has 3 aliphatic rings. The molecule has 0 radical (unpaired) electrons. The molecular formula is C16H19N3O3. The van der Waals surface area contributed by atoms with E-state index in [0.717, 1.165) is 6.54 Å². The molecule has 0 aromatic carbocycles. The van der Waals surface area contributed by atoms with Crippen LogP contribution in [-0.4, -0.2) is 65.0 Å². The first-order chi connectivity index (χ1) is 10.7. The fraction of sp³-hybridized carbons (Fsp3) is 0.562. The number of rotatable bonds is 3. The van der Waals surface area contributed by atoms with Crippen LogP contribution >= 0.6 is 0 Å². The Labute approximate surface area is 129 Å². The quantitative estimate of drug-likeness (QED) is 0.817. The van der Waals surface area contributed by atoms with Gasteiger partial charge in [-0.3, -0.25) is 14.6 Å². The maximum absolute atomic E-state index is 12.5. The molecule has 0 bridgehead atoms. The van der Waals surface area contributed by atoms with Gasteiger partial charge < -0.3 is 14.5 Å². The summed E-state index contributed by atoms with van der Waals surface area (Å²) < 4.78 is 5.66. The zero-order valence-corrected chi connectivity index (χ0v) is 12.4. The second kappa shape index (κ2) is 5.35. The van der Waals surface area contributed by atoms with E-state index in [9.17, 15) is 9.59 Å². The second-order valence-corrected chi connectivity index (χ2v) is 6.33. The molecule has 0 spiro atoms. The number of fused-ring (bicyclic) bond motifs is 1. The summed E-state index contributed by atoms with van der Waals surface area (Å²) in [7, 11) is 0. The summed E-state index contributed by atoms with van der Waals surface area (Å²) >= 11 is 0. The Morgan fingerprint density at radius 2 is 2.18 bits per heavy atom. The molecule has 2 saturated heterocycles. The molecule has 2 amide bonds. The van der Waals surface area contributed by atoms with Crippen molar-refractivity contribution in [2.24, 2.45) is 5.92 Å². The van der Waals surface area contributed by atoms with Crippen molar-refractivity contribution < 1.29 is 14.3 Å². The van der Waals surface area contributed by atoms with Gasteiger partial charge in [0.25, 0.3) is 5.91 Å². The SMILES string of the molecule is O=C(c1ccccn1)N1CC2OCC(=O)N(CC3CC3)C2C1. The van der Waals surface area contributed by atoms with Crippen LogP contribution in [0, 0.1) is 5.92 Å². The third-order valence-corrected chi connectivity index (χ3v) is 4.70. The first-order valence-corrected chi connectivity index (χ1v) is 7.84. The molecule has 116 valence electrons. The minimum atomic E-state index is -0.0857. The zero-order chi connectivity index (χ0) is 15.1. The Bertz CT molecular complexity index is 588. The second-order valence-electron chi connectivity index (χ2n) is 6.33. The first kappa shape index (κ1) is 13.7. The molecule has 0 N–H and O–H groups in total. The van der Waals surface area contributed by atoms with Crippen LogP contribution in [0.15, 0.2) is 24.4 Å². The predicted molar refractivity (Wildman–Crippen MR) is 78.1 cm³/mol. The number of morpholine rings is 1. The first-order valence-electron chi connectivity index (χ1n) is 7.84. The average molecular weight is 301 g/mol. The summed E-state index contributed by atoms with van der Waals surface area (Å²) in [5.41, 5.74) is 0.446. The highest BCUT2D eigenvalue weighted by Gasteiger charge is 2.46. The van der Waals surface area contributed by atoms with E-state index in [4.69, 9.17) is 4.74 Å². The number of ether oxygens (including phenoxy) is 1. The molecular weight excluding hydrogens is 282 g/mol. The minimum absolute atomic E-state index is 0.00508. The van der Waals surface area contributed by atoms with Gasteiger partial charge in [0.05, 0.1) is 12.1 Å². The Kier molecular flexibility index (Phi) is 3.33. The van der Waals surface area contributed by atoms with Gasteiger partial charge in [0, 0.05) is 25.8 Å². The van der Waals surface area contributed by atoms with Crippen LogP contribution in [0.1, 0.15) is 23.3 Å². The summed E-state index contributed by atoms with van der Waals surface area (Å²) in [6.45, 7) is 2.03. The largest absolute Gasteiger partial charge is 0.364 e. The van der Waals surface area contributed by atoms with E-state index >= 15 is 0 Å². The maximum Gasteiger partial charge on any atom is 0.272 e. The fourth-order valence-corrected chi connectivity index (χ4v) is 3.30. The van der Waals surface area contributed by atoms with Crippen molar-refractivity contribution >= 4 is 11.8 Å². The van der Waals surface area contributed by atoms with Gasteiger partial charge in [-0.15, -0.1) is 0 Å². The van der Waals surface area contributed by atoms with E-state index in [-0.39, 0.29) is 30.6 Å². The molecule has 6 nitrogen and oxygen atoms in total. The van der Waals surface area contributed by atoms with Crippen molar-refractivity contribution in [1.82, 2.24) is 14.8 Å². The number of carbonyl (C=O) groups excluding carboxylic acids is 2. The van der Waals surface area contributed by atoms with Crippen molar-refractivity contribution in [2.75, 3.05) is 26.2 Å². The number of likely N-dealkylation sites (tertiary alicyclic amines) is 1. The molecule has 6 heteroatoms. The van der Waals surface area contributed by atoms with Gasteiger partial charge in [-0.1, -0.05) is 6.07 Å². The van der Waals surface area contributed by atoms with Gasteiger partial charge in [0.15, 0.2) is 0 Å². The summed E-state index contributed by atoms with van der Waals surface area (Å²) in [6.07, 6.45) is 3.97. The molecule has 4 rings (SSSR count). The fourth-order valence-electron chi connectivity index (χ4n) is 3.30. The molecule has 2 unspecified atom stereocenters. The molecule has 1 saturated carbocycles. The Morgan fingerprint density at radius 1 is 1.32 bits per heavy atom. The third-order valence-electron chi connectivity index (χ3n) is 4.70. The molecule has 3 fully saturated rings. The normalized spacial score (nSPS) is 27.9. The lowest BCUT2D eigenvalue weighted by molar-refractivity contribution is -0.153. The predicted octanol–water partition coefficient (Wildman–Crippen LogP) is 0.543. The lowest BCUT2D eigenvalue weighted by Gasteiger charge is -2.36. The van der Waals surface area contributed by atoms with E-state index in [2.05, 4.69) is 4.98 Å². The number of nitrogens with zero attached hydrogens (tertiary/aromatic N) is 3. The summed E-state index contributed by atoms with van der Waals surface area (Å²) in [5.74, 6) is 0.612. The van der Waals surface area contributed by atoms with Crippen LogP contribution in [-0.2, 0) is 9.53 Å². The van der Waals surface area contributed by atoms with Crippen LogP contribution in [0.2, 0.25) is 0 Å². The van der Waals surface area contributed by atoms with Crippen LogP contribution in [0.3, 0.4) is 0 Å². The van der Waals surface area contributed by atoms with Crippen molar-refractivity contribution in [2.45, 2.75) is 25.0 Å². The standard InChI is InChI=1S/C16H19N3O3/c20-15-10-22-14-9-18(16(21)12-3-1-2-6-17-12)8-13(14)19(15)7-11-4-5-11/h1-3,6,11,13-14H,4-5,7-10H2. The number of hydrogen-bond acceptors (Lipinski definition) is 4. The van der Waals surface area contributed by atoms with Crippen molar-refractivity contribution in [3.63, 3.8) is 0 Å². The van der Waals surface area contributed by atoms with E-state index in [1.54, 1.807) is 23.2 Å². The van der Waals surface area contributed by atoms with Gasteiger partial charge in [0.2, 0.25) is 5.91 Å². The smallest absolute Gasteiger partial charge is 0.272 e. The molecule has 1 aromatic rings. The van der Waals surface area contributed by atoms with Gasteiger partial charge >= 0.3 is 0 Å². The Balaban J connectivity index is 1.49. The lowest BCUT2D eigenvalue weighted by Crippen LogP contribution is -2.54. The number of carbonyl (C=O) groups is 2. The highest BCUT2D eigenvalue weighted by atomic mass is 16.5. The highest BCUT2D eigenvalue weighted by molar-refractivity contribution is 5.92. The topological polar surface area (TPSA) is 62.7 Å². The van der Waals surface area contributed by atoms with E-state index in [1.807, 2.05) is 11.0 Å². The molecule has 2 atom stereocenters. The van der Waals surface area contributed by atoms with Crippen LogP contribution < -0.4 is 0 Å². The van der Waals surface area contributed by atoms with Crippen LogP contribution in [0.4, 0.5) is 0 Å². The Morgan fingerprint density at radius 3 is 2.91 bits per heavy atom. The van der Waals surface area contributed by atoms with Gasteiger partial charge in [-0.25, -0.2) is 0 Å². The number of hydrogen-bond donors (Lipinski definition) is 0. The number of amides is 2. The average Bonchev–Trinajstić information content (AvgIpc) is 3.26. The molecule has 2 aliphatic heterocycles. The minimum Gasteiger partial charge on any atom is -0.364 e. The van der Waals surface area contributed by atoms with Gasteiger partial charge in [-0.05, 0) is 30.9 Å². The summed E-state index contributed by atoms with van der Waals surface area (Å²) in [4.78, 5) is 32.5. The zero-order valence-electron chi connectivity index (χ0n) is 12.4. The van der Waals surface area contributed by atoms with Crippen molar-refractivity contribution in [3.05, 3.63) is 30.1 Å². The number of pyridine rings is 1. The van der Waals surface area contributed by atoms with E-state index < -0.39 is 0 Å². The van der Waals surface area contributed by atoms with Crippen LogP contribution in [0.5, 0.6) is 0 Å². The third kappa shape index (κ3) is 2.47. The molecule has 3 heterocycles. The molecule has 1 aliphatic carbocycles. The van der Waals surface area contributed by atoms with Gasteiger partial charge in [-0.2, -0.15) is 0 Å². The van der Waals surface area contributed by atoms with Crippen molar-refractivity contribution in [1.29, 1.82) is 0 Å².